The number of esters is 1. The first-order valence-electron chi connectivity index (χ1n) is 11.7. The Labute approximate surface area is 211 Å². The molecule has 0 unspecified atom stereocenters. The van der Waals surface area contributed by atoms with Crippen molar-refractivity contribution in [1.82, 2.24) is 0 Å². The molecular formula is C29H22BrNO4. The fourth-order valence-electron chi connectivity index (χ4n) is 6.16. The molecular weight excluding hydrogens is 506 g/mol. The van der Waals surface area contributed by atoms with E-state index in [1.165, 1.54) is 0 Å². The Balaban J connectivity index is 1.67. The van der Waals surface area contributed by atoms with E-state index in [1.54, 1.807) is 31.2 Å². The largest absolute Gasteiger partial charge is 0.464 e. The van der Waals surface area contributed by atoms with Gasteiger partial charge in [0.15, 0.2) is 11.6 Å². The molecule has 3 aliphatic rings. The van der Waals surface area contributed by atoms with Crippen LogP contribution in [-0.2, 0) is 9.53 Å². The maximum Gasteiger partial charge on any atom is 0.329 e. The van der Waals surface area contributed by atoms with E-state index in [0.717, 1.165) is 21.3 Å². The molecule has 3 atom stereocenters. The van der Waals surface area contributed by atoms with E-state index in [4.69, 9.17) is 4.74 Å². The SMILES string of the molecule is CCOC(=O)[C@H]1[C@H](c2ccc(Br)cc2)C2(C(=O)c3ccccc3C2=O)[C@H]2C=Cc3ccccc3N12. The molecule has 1 saturated heterocycles. The van der Waals surface area contributed by atoms with Gasteiger partial charge >= 0.3 is 5.97 Å². The number of nitrogens with zero attached hydrogens (tertiary/aromatic N) is 1. The molecule has 6 heteroatoms. The minimum absolute atomic E-state index is 0.202. The zero-order valence-corrected chi connectivity index (χ0v) is 20.6. The third kappa shape index (κ3) is 2.89. The first-order valence-corrected chi connectivity index (χ1v) is 12.5. The van der Waals surface area contributed by atoms with Crippen LogP contribution in [0.3, 0.4) is 0 Å². The van der Waals surface area contributed by atoms with Gasteiger partial charge in [-0.1, -0.05) is 82.7 Å². The second-order valence-corrected chi connectivity index (χ2v) is 9.98. The maximum absolute atomic E-state index is 14.3. The molecule has 5 nitrogen and oxygen atoms in total. The topological polar surface area (TPSA) is 63.7 Å². The van der Waals surface area contributed by atoms with E-state index in [0.29, 0.717) is 11.1 Å². The predicted molar refractivity (Wildman–Crippen MR) is 137 cm³/mol. The van der Waals surface area contributed by atoms with Gasteiger partial charge in [0.25, 0.3) is 0 Å². The van der Waals surface area contributed by atoms with Gasteiger partial charge in [0.1, 0.15) is 11.5 Å². The fourth-order valence-corrected chi connectivity index (χ4v) is 6.42. The number of benzene rings is 3. The van der Waals surface area contributed by atoms with Gasteiger partial charge in [0.2, 0.25) is 0 Å². The number of hydrogen-bond acceptors (Lipinski definition) is 5. The van der Waals surface area contributed by atoms with Crippen molar-refractivity contribution >= 4 is 45.2 Å². The van der Waals surface area contributed by atoms with Crippen LogP contribution < -0.4 is 4.90 Å². The molecule has 2 aliphatic heterocycles. The second kappa shape index (κ2) is 8.02. The first-order chi connectivity index (χ1) is 17.0. The normalized spacial score (nSPS) is 23.3. The molecule has 0 saturated carbocycles. The van der Waals surface area contributed by atoms with Gasteiger partial charge in [0, 0.05) is 27.2 Å². The Kier molecular flexibility index (Phi) is 5.04. The number of rotatable bonds is 3. The molecule has 1 aliphatic carbocycles. The van der Waals surface area contributed by atoms with Crippen molar-refractivity contribution in [3.8, 4) is 0 Å². The zero-order chi connectivity index (χ0) is 24.3. The van der Waals surface area contributed by atoms with E-state index < -0.39 is 29.4 Å². The fraction of sp³-hybridized carbons (Fsp3) is 0.207. The summed E-state index contributed by atoms with van der Waals surface area (Å²) in [4.78, 5) is 44.3. The first kappa shape index (κ1) is 22.0. The van der Waals surface area contributed by atoms with Crippen molar-refractivity contribution in [3.05, 3.63) is 106 Å². The van der Waals surface area contributed by atoms with E-state index in [1.807, 2.05) is 65.6 Å². The Morgan fingerprint density at radius 2 is 1.57 bits per heavy atom. The van der Waals surface area contributed by atoms with Crippen LogP contribution in [0.15, 0.2) is 83.3 Å². The molecule has 0 N–H and O–H groups in total. The van der Waals surface area contributed by atoms with Crippen LogP contribution in [0.5, 0.6) is 0 Å². The molecule has 0 amide bonds. The molecule has 174 valence electrons. The van der Waals surface area contributed by atoms with Crippen LogP contribution in [0.2, 0.25) is 0 Å². The number of carbonyl (C=O) groups excluding carboxylic acids is 3. The minimum atomic E-state index is -1.49. The summed E-state index contributed by atoms with van der Waals surface area (Å²) in [5.41, 5.74) is 1.83. The standard InChI is InChI=1S/C29H22BrNO4/c1-2-35-28(34)25-24(18-11-14-19(30)15-12-18)29(26(32)20-8-4-5-9-21(20)27(29)33)23-16-13-17-7-3-6-10-22(17)31(23)25/h3-16,23-25H,2H2,1H3/t23-,24+,25-/m1/s1. The second-order valence-electron chi connectivity index (χ2n) is 9.07. The number of Topliss-reactive ketones (excluding diaryl/α,β-unsaturated/α-hetero) is 2. The highest BCUT2D eigenvalue weighted by Gasteiger charge is 2.71. The molecule has 6 rings (SSSR count). The average Bonchev–Trinajstić information content (AvgIpc) is 3.31. The van der Waals surface area contributed by atoms with Crippen LogP contribution >= 0.6 is 15.9 Å². The average molecular weight is 528 g/mol. The van der Waals surface area contributed by atoms with Gasteiger partial charge in [-0.2, -0.15) is 0 Å². The van der Waals surface area contributed by atoms with Gasteiger partial charge in [-0.3, -0.25) is 9.59 Å². The summed E-state index contributed by atoms with van der Waals surface area (Å²) < 4.78 is 6.45. The third-order valence-electron chi connectivity index (χ3n) is 7.47. The molecule has 1 spiro atoms. The van der Waals surface area contributed by atoms with Gasteiger partial charge in [0.05, 0.1) is 12.6 Å². The lowest BCUT2D eigenvalue weighted by Gasteiger charge is -2.36. The summed E-state index contributed by atoms with van der Waals surface area (Å²) in [5.74, 6) is -1.65. The monoisotopic (exact) mass is 527 g/mol. The molecule has 0 radical (unpaired) electrons. The Morgan fingerprint density at radius 1 is 0.943 bits per heavy atom. The number of carbonyl (C=O) groups is 3. The van der Waals surface area contributed by atoms with E-state index in [9.17, 15) is 14.4 Å². The van der Waals surface area contributed by atoms with Crippen molar-refractivity contribution in [2.24, 2.45) is 5.41 Å². The summed E-state index contributed by atoms with van der Waals surface area (Å²) in [5, 5.41) is 0. The van der Waals surface area contributed by atoms with Crippen LogP contribution in [-0.4, -0.2) is 36.2 Å². The van der Waals surface area contributed by atoms with Crippen molar-refractivity contribution in [2.45, 2.75) is 24.9 Å². The number of ketones is 2. The van der Waals surface area contributed by atoms with E-state index >= 15 is 0 Å². The lowest BCUT2D eigenvalue weighted by Crippen LogP contribution is -2.48. The van der Waals surface area contributed by atoms with Gasteiger partial charge in [-0.15, -0.1) is 0 Å². The lowest BCUT2D eigenvalue weighted by molar-refractivity contribution is -0.145. The molecule has 3 aromatic carbocycles. The predicted octanol–water partition coefficient (Wildman–Crippen LogP) is 5.45. The highest BCUT2D eigenvalue weighted by atomic mass is 79.9. The van der Waals surface area contributed by atoms with Gasteiger partial charge in [-0.05, 0) is 36.2 Å². The highest BCUT2D eigenvalue weighted by molar-refractivity contribution is 9.10. The summed E-state index contributed by atoms with van der Waals surface area (Å²) >= 11 is 3.48. The summed E-state index contributed by atoms with van der Waals surface area (Å²) in [7, 11) is 0. The van der Waals surface area contributed by atoms with Crippen molar-refractivity contribution < 1.29 is 19.1 Å². The minimum Gasteiger partial charge on any atom is -0.464 e. The smallest absolute Gasteiger partial charge is 0.329 e. The number of fused-ring (bicyclic) bond motifs is 5. The summed E-state index contributed by atoms with van der Waals surface area (Å²) in [6.07, 6.45) is 3.86. The van der Waals surface area contributed by atoms with Crippen LogP contribution in [0.4, 0.5) is 5.69 Å². The molecule has 35 heavy (non-hydrogen) atoms. The molecule has 1 fully saturated rings. The Bertz CT molecular complexity index is 1380. The van der Waals surface area contributed by atoms with Crippen molar-refractivity contribution in [1.29, 1.82) is 0 Å². The zero-order valence-electron chi connectivity index (χ0n) is 19.0. The number of hydrogen-bond donors (Lipinski definition) is 0. The van der Waals surface area contributed by atoms with Crippen LogP contribution in [0.1, 0.15) is 44.7 Å². The van der Waals surface area contributed by atoms with E-state index in [2.05, 4.69) is 15.9 Å². The quantitative estimate of drug-likeness (QED) is 0.335. The molecule has 3 aromatic rings. The van der Waals surface area contributed by atoms with Crippen LogP contribution in [0.25, 0.3) is 6.08 Å². The Hall–Kier alpha value is -3.51. The lowest BCUT2D eigenvalue weighted by atomic mass is 9.65. The van der Waals surface area contributed by atoms with Gasteiger partial charge in [-0.25, -0.2) is 4.79 Å². The van der Waals surface area contributed by atoms with E-state index in [-0.39, 0.29) is 18.2 Å². The Morgan fingerprint density at radius 3 is 2.23 bits per heavy atom. The molecule has 2 heterocycles. The van der Waals surface area contributed by atoms with Crippen molar-refractivity contribution in [2.75, 3.05) is 11.5 Å². The van der Waals surface area contributed by atoms with Crippen LogP contribution in [0, 0.1) is 5.41 Å². The molecule has 0 bridgehead atoms. The number of para-hydroxylation sites is 1. The van der Waals surface area contributed by atoms with Crippen molar-refractivity contribution in [3.63, 3.8) is 0 Å². The third-order valence-corrected chi connectivity index (χ3v) is 8.00. The molecule has 0 aromatic heterocycles. The maximum atomic E-state index is 14.3. The highest BCUT2D eigenvalue weighted by Crippen LogP contribution is 2.60. The number of ether oxygens (including phenoxy) is 1. The number of anilines is 1. The summed E-state index contributed by atoms with van der Waals surface area (Å²) in [6.45, 7) is 1.97. The number of halogens is 1. The summed E-state index contributed by atoms with van der Waals surface area (Å²) in [6, 6.07) is 20.8. The van der Waals surface area contributed by atoms with Gasteiger partial charge < -0.3 is 9.64 Å².